The molecule has 0 aliphatic rings. The van der Waals surface area contributed by atoms with Crippen LogP contribution < -0.4 is 10.7 Å². The predicted molar refractivity (Wildman–Crippen MR) is 127 cm³/mol. The topological polar surface area (TPSA) is 54.2 Å². The molecule has 4 aromatic rings. The fraction of sp³-hybridized carbons (Fsp3) is 0. The Morgan fingerprint density at radius 1 is 0.933 bits per heavy atom. The minimum absolute atomic E-state index is 0.404. The summed E-state index contributed by atoms with van der Waals surface area (Å²) in [5.41, 5.74) is 7.28. The second-order valence-corrected chi connectivity index (χ2v) is 7.25. The smallest absolute Gasteiger partial charge is 0.191 e. The van der Waals surface area contributed by atoms with Crippen LogP contribution in [0.2, 0.25) is 5.02 Å². The molecule has 7 heteroatoms. The number of thiocarbonyl (C=S) groups is 1. The summed E-state index contributed by atoms with van der Waals surface area (Å²) in [6.45, 7) is 0. The molecular weight excluding hydrogens is 414 g/mol. The summed E-state index contributed by atoms with van der Waals surface area (Å²) in [6, 6.07) is 27.2. The maximum absolute atomic E-state index is 6.04. The van der Waals surface area contributed by atoms with Crippen molar-refractivity contribution in [1.82, 2.24) is 15.2 Å². The van der Waals surface area contributed by atoms with Crippen LogP contribution in [-0.2, 0) is 0 Å². The van der Waals surface area contributed by atoms with Crippen molar-refractivity contribution in [3.05, 3.63) is 102 Å². The van der Waals surface area contributed by atoms with E-state index >= 15 is 0 Å². The molecule has 0 spiro atoms. The van der Waals surface area contributed by atoms with E-state index in [1.807, 2.05) is 95.8 Å². The first-order valence-electron chi connectivity index (χ1n) is 9.25. The van der Waals surface area contributed by atoms with Gasteiger partial charge in [-0.05, 0) is 48.6 Å². The summed E-state index contributed by atoms with van der Waals surface area (Å²) in [5, 5.41) is 13.2. The highest BCUT2D eigenvalue weighted by Gasteiger charge is 2.11. The summed E-state index contributed by atoms with van der Waals surface area (Å²) in [7, 11) is 0. The lowest BCUT2D eigenvalue weighted by atomic mass is 10.1. The molecular formula is C23H18ClN5S. The van der Waals surface area contributed by atoms with Crippen LogP contribution in [0.4, 0.5) is 5.69 Å². The van der Waals surface area contributed by atoms with E-state index < -0.39 is 0 Å². The lowest BCUT2D eigenvalue weighted by Crippen LogP contribution is -2.23. The molecule has 0 saturated carbocycles. The van der Waals surface area contributed by atoms with Gasteiger partial charge in [-0.3, -0.25) is 5.43 Å². The summed E-state index contributed by atoms with van der Waals surface area (Å²) in [6.07, 6.45) is 3.63. The zero-order valence-electron chi connectivity index (χ0n) is 15.9. The number of aromatic nitrogens is 2. The molecule has 1 heterocycles. The van der Waals surface area contributed by atoms with Crippen molar-refractivity contribution in [2.45, 2.75) is 0 Å². The van der Waals surface area contributed by atoms with Gasteiger partial charge in [-0.15, -0.1) is 0 Å². The SMILES string of the molecule is S=C(N/N=C\c1cn(-c2ccccc2)nc1-c1ccc(Cl)cc1)Nc1ccccc1. The average molecular weight is 432 g/mol. The van der Waals surface area contributed by atoms with Gasteiger partial charge in [0, 0.05) is 28.0 Å². The fourth-order valence-electron chi connectivity index (χ4n) is 2.87. The molecule has 148 valence electrons. The predicted octanol–water partition coefficient (Wildman–Crippen LogP) is 5.51. The van der Waals surface area contributed by atoms with Crippen LogP contribution in [0, 0.1) is 0 Å². The highest BCUT2D eigenvalue weighted by Crippen LogP contribution is 2.24. The minimum Gasteiger partial charge on any atom is -0.331 e. The van der Waals surface area contributed by atoms with Gasteiger partial charge in [0.1, 0.15) is 5.69 Å². The summed E-state index contributed by atoms with van der Waals surface area (Å²) in [4.78, 5) is 0. The molecule has 30 heavy (non-hydrogen) atoms. The lowest BCUT2D eigenvalue weighted by molar-refractivity contribution is 0.884. The van der Waals surface area contributed by atoms with Crippen molar-refractivity contribution in [3.63, 3.8) is 0 Å². The van der Waals surface area contributed by atoms with Crippen molar-refractivity contribution in [1.29, 1.82) is 0 Å². The van der Waals surface area contributed by atoms with E-state index in [1.54, 1.807) is 6.21 Å². The molecule has 5 nitrogen and oxygen atoms in total. The van der Waals surface area contributed by atoms with Crippen LogP contribution in [0.5, 0.6) is 0 Å². The molecule has 0 atom stereocenters. The Balaban J connectivity index is 1.57. The van der Waals surface area contributed by atoms with Crippen molar-refractivity contribution in [2.75, 3.05) is 5.32 Å². The van der Waals surface area contributed by atoms with Gasteiger partial charge in [0.05, 0.1) is 11.9 Å². The van der Waals surface area contributed by atoms with E-state index in [4.69, 9.17) is 28.9 Å². The van der Waals surface area contributed by atoms with Gasteiger partial charge in [0.2, 0.25) is 0 Å². The van der Waals surface area contributed by atoms with Crippen molar-refractivity contribution in [3.8, 4) is 16.9 Å². The molecule has 0 radical (unpaired) electrons. The van der Waals surface area contributed by atoms with Gasteiger partial charge in [-0.1, -0.05) is 60.1 Å². The van der Waals surface area contributed by atoms with E-state index in [-0.39, 0.29) is 0 Å². The second-order valence-electron chi connectivity index (χ2n) is 6.41. The number of hydrogen-bond acceptors (Lipinski definition) is 3. The van der Waals surface area contributed by atoms with Gasteiger partial charge in [0.25, 0.3) is 0 Å². The molecule has 2 N–H and O–H groups in total. The first-order chi connectivity index (χ1) is 14.7. The Kier molecular flexibility index (Phi) is 6.17. The number of hydrazone groups is 1. The third-order valence-corrected chi connectivity index (χ3v) is 4.73. The van der Waals surface area contributed by atoms with E-state index in [2.05, 4.69) is 15.8 Å². The monoisotopic (exact) mass is 431 g/mol. The van der Waals surface area contributed by atoms with E-state index in [1.165, 1.54) is 0 Å². The van der Waals surface area contributed by atoms with Gasteiger partial charge < -0.3 is 5.32 Å². The summed E-state index contributed by atoms with van der Waals surface area (Å²) < 4.78 is 1.83. The molecule has 0 bridgehead atoms. The highest BCUT2D eigenvalue weighted by molar-refractivity contribution is 7.80. The number of nitrogens with one attached hydrogen (secondary N) is 2. The number of benzene rings is 3. The standard InChI is InChI=1S/C23H18ClN5S/c24-19-13-11-17(12-14-19)22-18(16-29(28-22)21-9-5-2-6-10-21)15-25-27-23(30)26-20-7-3-1-4-8-20/h1-16H,(H2,26,27,30)/b25-15-. The maximum atomic E-state index is 6.04. The third kappa shape index (κ3) is 4.92. The van der Waals surface area contributed by atoms with E-state index in [0.717, 1.165) is 28.2 Å². The Morgan fingerprint density at radius 2 is 1.60 bits per heavy atom. The quantitative estimate of drug-likeness (QED) is 0.248. The first kappa shape index (κ1) is 19.8. The van der Waals surface area contributed by atoms with Gasteiger partial charge in [-0.25, -0.2) is 4.68 Å². The van der Waals surface area contributed by atoms with Crippen molar-refractivity contribution in [2.24, 2.45) is 5.10 Å². The Hall–Kier alpha value is -3.48. The van der Waals surface area contributed by atoms with Gasteiger partial charge >= 0.3 is 0 Å². The second kappa shape index (κ2) is 9.35. The normalized spacial score (nSPS) is 10.8. The van der Waals surface area contributed by atoms with Crippen molar-refractivity contribution < 1.29 is 0 Å². The van der Waals surface area contributed by atoms with Crippen LogP contribution >= 0.6 is 23.8 Å². The Labute approximate surface area is 185 Å². The number of anilines is 1. The van der Waals surface area contributed by atoms with Crippen molar-refractivity contribution >= 4 is 40.8 Å². The molecule has 3 aromatic carbocycles. The number of halogens is 1. The van der Waals surface area contributed by atoms with Gasteiger partial charge in [-0.2, -0.15) is 10.2 Å². The van der Waals surface area contributed by atoms with Crippen LogP contribution in [0.3, 0.4) is 0 Å². The van der Waals surface area contributed by atoms with Gasteiger partial charge in [0.15, 0.2) is 5.11 Å². The number of para-hydroxylation sites is 2. The zero-order valence-corrected chi connectivity index (χ0v) is 17.4. The summed E-state index contributed by atoms with van der Waals surface area (Å²) >= 11 is 11.3. The highest BCUT2D eigenvalue weighted by atomic mass is 35.5. The Morgan fingerprint density at radius 3 is 2.30 bits per heavy atom. The van der Waals surface area contributed by atoms with E-state index in [9.17, 15) is 0 Å². The summed E-state index contributed by atoms with van der Waals surface area (Å²) in [5.74, 6) is 0. The Bertz CT molecular complexity index is 1160. The molecule has 0 amide bonds. The van der Waals surface area contributed by atoms with E-state index in [0.29, 0.717) is 10.1 Å². The number of nitrogens with zero attached hydrogens (tertiary/aromatic N) is 3. The number of hydrogen-bond donors (Lipinski definition) is 2. The molecule has 0 saturated heterocycles. The first-order valence-corrected chi connectivity index (χ1v) is 10.0. The fourth-order valence-corrected chi connectivity index (χ4v) is 3.16. The molecule has 0 unspecified atom stereocenters. The molecule has 4 rings (SSSR count). The largest absolute Gasteiger partial charge is 0.331 e. The average Bonchev–Trinajstić information content (AvgIpc) is 3.20. The zero-order chi connectivity index (χ0) is 20.8. The molecule has 0 aliphatic carbocycles. The number of rotatable bonds is 5. The van der Waals surface area contributed by atoms with Crippen LogP contribution in [0.1, 0.15) is 5.56 Å². The third-order valence-electron chi connectivity index (χ3n) is 4.28. The van der Waals surface area contributed by atoms with Crippen LogP contribution in [-0.4, -0.2) is 21.1 Å². The molecule has 0 fully saturated rings. The van der Waals surface area contributed by atoms with Crippen LogP contribution in [0.25, 0.3) is 16.9 Å². The maximum Gasteiger partial charge on any atom is 0.191 e. The molecule has 0 aliphatic heterocycles. The lowest BCUT2D eigenvalue weighted by Gasteiger charge is -2.06. The van der Waals surface area contributed by atoms with Crippen LogP contribution in [0.15, 0.2) is 96.2 Å². The minimum atomic E-state index is 0.404. The molecule has 1 aromatic heterocycles.